The van der Waals surface area contributed by atoms with Gasteiger partial charge < -0.3 is 15.5 Å². The van der Waals surface area contributed by atoms with E-state index in [1.54, 1.807) is 0 Å². The summed E-state index contributed by atoms with van der Waals surface area (Å²) in [6.45, 7) is 9.82. The number of aliphatic imine (C=N–C) groups is 1. The van der Waals surface area contributed by atoms with Gasteiger partial charge in [0.15, 0.2) is 5.96 Å². The van der Waals surface area contributed by atoms with Crippen LogP contribution in [-0.4, -0.2) is 44.1 Å². The highest BCUT2D eigenvalue weighted by Crippen LogP contribution is 2.15. The van der Waals surface area contributed by atoms with Crippen molar-refractivity contribution in [1.29, 1.82) is 0 Å². The third kappa shape index (κ3) is 7.08. The zero-order chi connectivity index (χ0) is 15.8. The summed E-state index contributed by atoms with van der Waals surface area (Å²) in [5, 5.41) is 6.88. The average Bonchev–Trinajstić information content (AvgIpc) is 2.55. The number of rotatable bonds is 5. The molecule has 0 aliphatic carbocycles. The molecule has 23 heavy (non-hydrogen) atoms. The molecule has 1 unspecified atom stereocenters. The second-order valence-corrected chi connectivity index (χ2v) is 6.20. The smallest absolute Gasteiger partial charge is 0.191 e. The van der Waals surface area contributed by atoms with Crippen LogP contribution in [0.5, 0.6) is 0 Å². The standard InChI is InChI=1S/C18H30N4.HI/c1-4-22-10-6-9-17(14-22)13-21-18(19-3)20-12-16-8-5-7-15(2)11-16;/h5,7-8,11,17H,4,6,9-10,12-14H2,1-3H3,(H2,19,20,21);1H. The molecule has 2 rings (SSSR count). The van der Waals surface area contributed by atoms with Crippen LogP contribution < -0.4 is 10.6 Å². The largest absolute Gasteiger partial charge is 0.356 e. The summed E-state index contributed by atoms with van der Waals surface area (Å²) in [7, 11) is 1.84. The normalized spacial score (nSPS) is 19.1. The van der Waals surface area contributed by atoms with Gasteiger partial charge in [-0.2, -0.15) is 0 Å². The van der Waals surface area contributed by atoms with Crippen LogP contribution in [0.4, 0.5) is 0 Å². The molecule has 130 valence electrons. The lowest BCUT2D eigenvalue weighted by Crippen LogP contribution is -2.44. The second-order valence-electron chi connectivity index (χ2n) is 6.20. The van der Waals surface area contributed by atoms with Gasteiger partial charge in [0, 0.05) is 26.7 Å². The van der Waals surface area contributed by atoms with E-state index in [4.69, 9.17) is 0 Å². The van der Waals surface area contributed by atoms with E-state index in [0.717, 1.165) is 31.5 Å². The van der Waals surface area contributed by atoms with E-state index in [0.29, 0.717) is 0 Å². The Morgan fingerprint density at radius 1 is 1.35 bits per heavy atom. The lowest BCUT2D eigenvalue weighted by molar-refractivity contribution is 0.183. The number of hydrogen-bond donors (Lipinski definition) is 2. The minimum Gasteiger partial charge on any atom is -0.356 e. The topological polar surface area (TPSA) is 39.7 Å². The van der Waals surface area contributed by atoms with Crippen LogP contribution in [0.2, 0.25) is 0 Å². The number of guanidine groups is 1. The number of nitrogens with zero attached hydrogens (tertiary/aromatic N) is 2. The minimum atomic E-state index is 0. The van der Waals surface area contributed by atoms with E-state index in [2.05, 4.69) is 58.6 Å². The molecule has 0 bridgehead atoms. The fourth-order valence-corrected chi connectivity index (χ4v) is 3.07. The molecule has 5 heteroatoms. The first-order valence-corrected chi connectivity index (χ1v) is 8.43. The number of nitrogens with one attached hydrogen (secondary N) is 2. The molecule has 4 nitrogen and oxygen atoms in total. The highest BCUT2D eigenvalue weighted by atomic mass is 127. The summed E-state index contributed by atoms with van der Waals surface area (Å²) in [5.41, 5.74) is 2.59. The van der Waals surface area contributed by atoms with Gasteiger partial charge in [0.2, 0.25) is 0 Å². The van der Waals surface area contributed by atoms with Crippen molar-refractivity contribution in [2.24, 2.45) is 10.9 Å². The summed E-state index contributed by atoms with van der Waals surface area (Å²) < 4.78 is 0. The van der Waals surface area contributed by atoms with Crippen LogP contribution in [0.3, 0.4) is 0 Å². The van der Waals surface area contributed by atoms with Crippen LogP contribution in [0.15, 0.2) is 29.3 Å². The lowest BCUT2D eigenvalue weighted by Gasteiger charge is -2.32. The summed E-state index contributed by atoms with van der Waals surface area (Å²) >= 11 is 0. The molecular formula is C18H31IN4. The Morgan fingerprint density at radius 2 is 2.17 bits per heavy atom. The molecule has 0 amide bonds. The van der Waals surface area contributed by atoms with Gasteiger partial charge in [-0.3, -0.25) is 4.99 Å². The monoisotopic (exact) mass is 430 g/mol. The summed E-state index contributed by atoms with van der Waals surface area (Å²) in [6.07, 6.45) is 2.63. The van der Waals surface area contributed by atoms with Gasteiger partial charge in [-0.25, -0.2) is 0 Å². The predicted octanol–water partition coefficient (Wildman–Crippen LogP) is 3.01. The van der Waals surface area contributed by atoms with Crippen molar-refractivity contribution in [2.45, 2.75) is 33.2 Å². The SMILES string of the molecule is CCN1CCCC(CNC(=NC)NCc2cccc(C)c2)C1.I. The quantitative estimate of drug-likeness (QED) is 0.429. The van der Waals surface area contributed by atoms with Crippen molar-refractivity contribution in [2.75, 3.05) is 33.2 Å². The molecule has 1 aliphatic rings. The fourth-order valence-electron chi connectivity index (χ4n) is 3.07. The zero-order valence-electron chi connectivity index (χ0n) is 14.6. The van der Waals surface area contributed by atoms with Crippen molar-refractivity contribution in [3.05, 3.63) is 35.4 Å². The Bertz CT molecular complexity index is 490. The van der Waals surface area contributed by atoms with Crippen LogP contribution in [0.25, 0.3) is 0 Å². The lowest BCUT2D eigenvalue weighted by atomic mass is 9.98. The molecule has 0 aromatic heterocycles. The number of likely N-dealkylation sites (tertiary alicyclic amines) is 1. The molecule has 0 spiro atoms. The van der Waals surface area contributed by atoms with Crippen LogP contribution in [-0.2, 0) is 6.54 Å². The van der Waals surface area contributed by atoms with E-state index in [1.165, 1.54) is 37.1 Å². The van der Waals surface area contributed by atoms with Crippen molar-refractivity contribution in [3.8, 4) is 0 Å². The maximum absolute atomic E-state index is 4.33. The average molecular weight is 430 g/mol. The highest BCUT2D eigenvalue weighted by Gasteiger charge is 2.18. The molecular weight excluding hydrogens is 399 g/mol. The second kappa shape index (κ2) is 10.9. The maximum Gasteiger partial charge on any atom is 0.191 e. The number of aryl methyl sites for hydroxylation is 1. The highest BCUT2D eigenvalue weighted by molar-refractivity contribution is 14.0. The molecule has 1 atom stereocenters. The van der Waals surface area contributed by atoms with Gasteiger partial charge in [-0.05, 0) is 44.3 Å². The zero-order valence-corrected chi connectivity index (χ0v) is 17.0. The van der Waals surface area contributed by atoms with E-state index in [9.17, 15) is 0 Å². The van der Waals surface area contributed by atoms with Crippen LogP contribution in [0, 0.1) is 12.8 Å². The third-order valence-electron chi connectivity index (χ3n) is 4.37. The molecule has 0 saturated carbocycles. The van der Waals surface area contributed by atoms with Crippen molar-refractivity contribution < 1.29 is 0 Å². The molecule has 1 heterocycles. The number of halogens is 1. The van der Waals surface area contributed by atoms with E-state index < -0.39 is 0 Å². The summed E-state index contributed by atoms with van der Waals surface area (Å²) in [6, 6.07) is 8.58. The first-order valence-electron chi connectivity index (χ1n) is 8.43. The van der Waals surface area contributed by atoms with Gasteiger partial charge in [0.1, 0.15) is 0 Å². The Balaban J connectivity index is 0.00000264. The maximum atomic E-state index is 4.33. The Morgan fingerprint density at radius 3 is 2.87 bits per heavy atom. The Kier molecular flexibility index (Phi) is 9.55. The molecule has 0 radical (unpaired) electrons. The predicted molar refractivity (Wildman–Crippen MR) is 110 cm³/mol. The van der Waals surface area contributed by atoms with Crippen LogP contribution >= 0.6 is 24.0 Å². The number of piperidine rings is 1. The minimum absolute atomic E-state index is 0. The summed E-state index contributed by atoms with van der Waals surface area (Å²) in [5.74, 6) is 1.63. The molecule has 1 saturated heterocycles. The van der Waals surface area contributed by atoms with Crippen LogP contribution in [0.1, 0.15) is 30.9 Å². The van der Waals surface area contributed by atoms with Gasteiger partial charge in [0.05, 0.1) is 0 Å². The van der Waals surface area contributed by atoms with Gasteiger partial charge in [-0.1, -0.05) is 36.8 Å². The Hall–Kier alpha value is -0.820. The first-order chi connectivity index (χ1) is 10.7. The molecule has 1 aliphatic heterocycles. The number of benzene rings is 1. The fraction of sp³-hybridized carbons (Fsp3) is 0.611. The molecule has 2 N–H and O–H groups in total. The van der Waals surface area contributed by atoms with E-state index in [1.807, 2.05) is 7.05 Å². The number of hydrogen-bond acceptors (Lipinski definition) is 2. The Labute approximate surface area is 158 Å². The van der Waals surface area contributed by atoms with E-state index in [-0.39, 0.29) is 24.0 Å². The third-order valence-corrected chi connectivity index (χ3v) is 4.37. The summed E-state index contributed by atoms with van der Waals surface area (Å²) in [4.78, 5) is 6.87. The van der Waals surface area contributed by atoms with Crippen molar-refractivity contribution >= 4 is 29.9 Å². The first kappa shape index (κ1) is 20.2. The van der Waals surface area contributed by atoms with E-state index >= 15 is 0 Å². The van der Waals surface area contributed by atoms with Crippen molar-refractivity contribution in [3.63, 3.8) is 0 Å². The van der Waals surface area contributed by atoms with Gasteiger partial charge in [0.25, 0.3) is 0 Å². The molecule has 1 fully saturated rings. The van der Waals surface area contributed by atoms with Gasteiger partial charge >= 0.3 is 0 Å². The van der Waals surface area contributed by atoms with Crippen molar-refractivity contribution in [1.82, 2.24) is 15.5 Å². The molecule has 1 aromatic rings. The molecule has 1 aromatic carbocycles. The van der Waals surface area contributed by atoms with Gasteiger partial charge in [-0.15, -0.1) is 24.0 Å².